The van der Waals surface area contributed by atoms with Gasteiger partial charge in [0.1, 0.15) is 11.6 Å². The molecule has 1 aromatic heterocycles. The van der Waals surface area contributed by atoms with Gasteiger partial charge in [0.25, 0.3) is 0 Å². The SMILES string of the molecule is Cc1cc2nc(C)n(CCCCOc3ccccc3Cl)c2cc1C. The first kappa shape index (κ1) is 16.8. The first-order chi connectivity index (χ1) is 11.6. The van der Waals surface area contributed by atoms with E-state index in [0.29, 0.717) is 11.6 Å². The number of halogens is 1. The molecule has 0 radical (unpaired) electrons. The van der Waals surface area contributed by atoms with Crippen LogP contribution >= 0.6 is 11.6 Å². The van der Waals surface area contributed by atoms with Crippen LogP contribution in [-0.2, 0) is 6.54 Å². The fourth-order valence-electron chi connectivity index (χ4n) is 2.90. The highest BCUT2D eigenvalue weighted by Crippen LogP contribution is 2.24. The van der Waals surface area contributed by atoms with Crippen LogP contribution in [0.15, 0.2) is 36.4 Å². The van der Waals surface area contributed by atoms with Crippen LogP contribution in [0.2, 0.25) is 5.02 Å². The van der Waals surface area contributed by atoms with Gasteiger partial charge in [-0.25, -0.2) is 4.98 Å². The van der Waals surface area contributed by atoms with Gasteiger partial charge in [0.15, 0.2) is 0 Å². The molecule has 0 aliphatic rings. The van der Waals surface area contributed by atoms with Gasteiger partial charge in [-0.05, 0) is 69.0 Å². The molecule has 0 fully saturated rings. The van der Waals surface area contributed by atoms with Crippen LogP contribution in [0.3, 0.4) is 0 Å². The Labute approximate surface area is 148 Å². The monoisotopic (exact) mass is 342 g/mol. The number of aryl methyl sites for hydroxylation is 4. The molecule has 3 nitrogen and oxygen atoms in total. The van der Waals surface area contributed by atoms with Crippen molar-refractivity contribution in [3.8, 4) is 5.75 Å². The smallest absolute Gasteiger partial charge is 0.137 e. The van der Waals surface area contributed by atoms with Crippen molar-refractivity contribution in [2.75, 3.05) is 6.61 Å². The molecule has 0 aliphatic carbocycles. The van der Waals surface area contributed by atoms with Gasteiger partial charge in [-0.3, -0.25) is 0 Å². The summed E-state index contributed by atoms with van der Waals surface area (Å²) in [6.45, 7) is 7.99. The van der Waals surface area contributed by atoms with Gasteiger partial charge in [-0.15, -0.1) is 0 Å². The average Bonchev–Trinajstić information content (AvgIpc) is 2.84. The molecule has 4 heteroatoms. The topological polar surface area (TPSA) is 27.1 Å². The summed E-state index contributed by atoms with van der Waals surface area (Å²) >= 11 is 6.09. The van der Waals surface area contributed by atoms with Crippen molar-refractivity contribution < 1.29 is 4.74 Å². The minimum atomic E-state index is 0.666. The zero-order valence-electron chi connectivity index (χ0n) is 14.5. The van der Waals surface area contributed by atoms with E-state index < -0.39 is 0 Å². The van der Waals surface area contributed by atoms with Crippen LogP contribution in [0, 0.1) is 20.8 Å². The molecule has 0 atom stereocenters. The van der Waals surface area contributed by atoms with E-state index in [-0.39, 0.29) is 0 Å². The van der Waals surface area contributed by atoms with Crippen LogP contribution in [0.1, 0.15) is 29.8 Å². The summed E-state index contributed by atoms with van der Waals surface area (Å²) < 4.78 is 8.05. The number of para-hydroxylation sites is 1. The fraction of sp³-hybridized carbons (Fsp3) is 0.350. The van der Waals surface area contributed by atoms with E-state index in [0.717, 1.165) is 36.5 Å². The number of nitrogens with zero attached hydrogens (tertiary/aromatic N) is 2. The third kappa shape index (κ3) is 3.57. The van der Waals surface area contributed by atoms with Gasteiger partial charge in [-0.1, -0.05) is 23.7 Å². The zero-order chi connectivity index (χ0) is 17.1. The number of aromatic nitrogens is 2. The predicted molar refractivity (Wildman–Crippen MR) is 100 cm³/mol. The van der Waals surface area contributed by atoms with Crippen molar-refractivity contribution in [2.45, 2.75) is 40.2 Å². The summed E-state index contributed by atoms with van der Waals surface area (Å²) in [6.07, 6.45) is 2.03. The molecule has 0 saturated heterocycles. The van der Waals surface area contributed by atoms with Crippen molar-refractivity contribution in [1.29, 1.82) is 0 Å². The van der Waals surface area contributed by atoms with E-state index in [9.17, 15) is 0 Å². The Hall–Kier alpha value is -2.00. The summed E-state index contributed by atoms with van der Waals surface area (Å²) in [5.41, 5.74) is 4.91. The summed E-state index contributed by atoms with van der Waals surface area (Å²) in [6, 6.07) is 12.0. The molecule has 0 amide bonds. The lowest BCUT2D eigenvalue weighted by molar-refractivity contribution is 0.303. The maximum atomic E-state index is 6.09. The Kier molecular flexibility index (Phi) is 5.10. The molecular weight excluding hydrogens is 320 g/mol. The van der Waals surface area contributed by atoms with Gasteiger partial charge in [-0.2, -0.15) is 0 Å². The van der Waals surface area contributed by atoms with Crippen molar-refractivity contribution in [3.05, 3.63) is 58.4 Å². The maximum absolute atomic E-state index is 6.09. The third-order valence-electron chi connectivity index (χ3n) is 4.42. The lowest BCUT2D eigenvalue weighted by Gasteiger charge is -2.10. The predicted octanol–water partition coefficient (Wildman–Crippen LogP) is 5.47. The minimum absolute atomic E-state index is 0.666. The molecule has 3 aromatic rings. The van der Waals surface area contributed by atoms with Crippen molar-refractivity contribution in [3.63, 3.8) is 0 Å². The molecule has 0 N–H and O–H groups in total. The average molecular weight is 343 g/mol. The number of hydrogen-bond acceptors (Lipinski definition) is 2. The normalized spacial score (nSPS) is 11.2. The molecule has 0 saturated carbocycles. The van der Waals surface area contributed by atoms with Crippen molar-refractivity contribution >= 4 is 22.6 Å². The standard InChI is InChI=1S/C20H23ClN2O/c1-14-12-18-19(13-15(14)2)23(16(3)22-18)10-6-7-11-24-20-9-5-4-8-17(20)21/h4-5,8-9,12-13H,6-7,10-11H2,1-3H3. The first-order valence-electron chi connectivity index (χ1n) is 8.37. The number of unbranched alkanes of at least 4 members (excludes halogenated alkanes) is 1. The molecule has 2 aromatic carbocycles. The van der Waals surface area contributed by atoms with Crippen LogP contribution in [0.5, 0.6) is 5.75 Å². The van der Waals surface area contributed by atoms with Gasteiger partial charge in [0.2, 0.25) is 0 Å². The summed E-state index contributed by atoms with van der Waals surface area (Å²) in [5, 5.41) is 0.666. The Morgan fingerprint density at radius 3 is 2.58 bits per heavy atom. The Balaban J connectivity index is 1.59. The summed E-state index contributed by atoms with van der Waals surface area (Å²) in [4.78, 5) is 4.69. The van der Waals surface area contributed by atoms with Gasteiger partial charge < -0.3 is 9.30 Å². The number of benzene rings is 2. The van der Waals surface area contributed by atoms with E-state index in [1.807, 2.05) is 24.3 Å². The van der Waals surface area contributed by atoms with Crippen LogP contribution < -0.4 is 4.74 Å². The Bertz CT molecular complexity index is 854. The quantitative estimate of drug-likeness (QED) is 0.555. The van der Waals surface area contributed by atoms with E-state index >= 15 is 0 Å². The Morgan fingerprint density at radius 2 is 1.79 bits per heavy atom. The first-order valence-corrected chi connectivity index (χ1v) is 8.75. The van der Waals surface area contributed by atoms with Crippen LogP contribution in [-0.4, -0.2) is 16.2 Å². The molecule has 3 rings (SSSR count). The number of fused-ring (bicyclic) bond motifs is 1. The number of rotatable bonds is 6. The van der Waals surface area contributed by atoms with Crippen LogP contribution in [0.25, 0.3) is 11.0 Å². The molecule has 0 bridgehead atoms. The van der Waals surface area contributed by atoms with E-state index in [2.05, 4.69) is 42.5 Å². The minimum Gasteiger partial charge on any atom is -0.492 e. The lowest BCUT2D eigenvalue weighted by Crippen LogP contribution is -2.04. The molecule has 126 valence electrons. The zero-order valence-corrected chi connectivity index (χ0v) is 15.2. The highest BCUT2D eigenvalue weighted by atomic mass is 35.5. The fourth-order valence-corrected chi connectivity index (χ4v) is 3.09. The largest absolute Gasteiger partial charge is 0.492 e. The second-order valence-corrected chi connectivity index (χ2v) is 6.63. The maximum Gasteiger partial charge on any atom is 0.137 e. The van der Waals surface area contributed by atoms with E-state index in [4.69, 9.17) is 16.3 Å². The van der Waals surface area contributed by atoms with Crippen molar-refractivity contribution in [2.24, 2.45) is 0 Å². The Morgan fingerprint density at radius 1 is 1.04 bits per heavy atom. The second kappa shape index (κ2) is 7.27. The van der Waals surface area contributed by atoms with Gasteiger partial charge >= 0.3 is 0 Å². The lowest BCUT2D eigenvalue weighted by atomic mass is 10.1. The third-order valence-corrected chi connectivity index (χ3v) is 4.74. The summed E-state index contributed by atoms with van der Waals surface area (Å²) in [5.74, 6) is 1.83. The number of hydrogen-bond donors (Lipinski definition) is 0. The molecule has 0 unspecified atom stereocenters. The number of imidazole rings is 1. The van der Waals surface area contributed by atoms with Crippen molar-refractivity contribution in [1.82, 2.24) is 9.55 Å². The molecule has 1 heterocycles. The van der Waals surface area contributed by atoms with E-state index in [1.54, 1.807) is 0 Å². The molecule has 0 spiro atoms. The van der Waals surface area contributed by atoms with Gasteiger partial charge in [0, 0.05) is 6.54 Å². The summed E-state index contributed by atoms with van der Waals surface area (Å²) in [7, 11) is 0. The van der Waals surface area contributed by atoms with Gasteiger partial charge in [0.05, 0.1) is 22.7 Å². The van der Waals surface area contributed by atoms with E-state index in [1.165, 1.54) is 16.6 Å². The molecule has 0 aliphatic heterocycles. The molecule has 24 heavy (non-hydrogen) atoms. The highest BCUT2D eigenvalue weighted by Gasteiger charge is 2.09. The second-order valence-electron chi connectivity index (χ2n) is 6.22. The van der Waals surface area contributed by atoms with Crippen LogP contribution in [0.4, 0.5) is 0 Å². The highest BCUT2D eigenvalue weighted by molar-refractivity contribution is 6.32. The number of ether oxygens (including phenoxy) is 1. The molecular formula is C20H23ClN2O.